The summed E-state index contributed by atoms with van der Waals surface area (Å²) in [7, 11) is 0. The van der Waals surface area contributed by atoms with Crippen LogP contribution in [0.1, 0.15) is 12.8 Å². The average molecular weight is 366 g/mol. The van der Waals surface area contributed by atoms with E-state index in [4.69, 9.17) is 5.73 Å². The lowest BCUT2D eigenvalue weighted by atomic mass is 10.2. The topological polar surface area (TPSA) is 29.3 Å². The van der Waals surface area contributed by atoms with Crippen LogP contribution in [-0.2, 0) is 0 Å². The Morgan fingerprint density at radius 2 is 2.00 bits per heavy atom. The summed E-state index contributed by atoms with van der Waals surface area (Å²) in [6, 6.07) is 1.41. The van der Waals surface area contributed by atoms with Crippen molar-refractivity contribution in [3.8, 4) is 0 Å². The zero-order valence-corrected chi connectivity index (χ0v) is 10.1. The zero-order chi connectivity index (χ0) is 7.56. The highest BCUT2D eigenvalue weighted by Crippen LogP contribution is 2.28. The fourth-order valence-corrected chi connectivity index (χ4v) is 3.89. The first-order valence-electron chi connectivity index (χ1n) is 3.49. The molecule has 1 aliphatic heterocycles. The number of hydrogen-bond donors (Lipinski definition) is 1. The van der Waals surface area contributed by atoms with Crippen molar-refractivity contribution < 1.29 is 0 Å². The maximum atomic E-state index is 5.59. The van der Waals surface area contributed by atoms with Crippen LogP contribution in [0.5, 0.6) is 0 Å². The minimum atomic E-state index is 0.639. The highest BCUT2D eigenvalue weighted by molar-refractivity contribution is 14.1. The van der Waals surface area contributed by atoms with Gasteiger partial charge in [-0.2, -0.15) is 0 Å². The molecule has 10 heavy (non-hydrogen) atoms. The van der Waals surface area contributed by atoms with E-state index in [0.29, 0.717) is 6.04 Å². The molecule has 60 valence electrons. The van der Waals surface area contributed by atoms with Gasteiger partial charge in [0.2, 0.25) is 0 Å². The quantitative estimate of drug-likeness (QED) is 0.457. The van der Waals surface area contributed by atoms with Gasteiger partial charge in [0.25, 0.3) is 0 Å². The molecule has 2 N–H and O–H groups in total. The van der Waals surface area contributed by atoms with Crippen LogP contribution in [0.15, 0.2) is 0 Å². The SMILES string of the molecule is NCC1CCC(CI)N1I. The van der Waals surface area contributed by atoms with Crippen molar-refractivity contribution in [3.05, 3.63) is 0 Å². The summed E-state index contributed by atoms with van der Waals surface area (Å²) >= 11 is 4.85. The van der Waals surface area contributed by atoms with Gasteiger partial charge in [0.05, 0.1) is 0 Å². The van der Waals surface area contributed by atoms with Crippen molar-refractivity contribution in [1.82, 2.24) is 3.11 Å². The molecule has 2 nitrogen and oxygen atoms in total. The summed E-state index contributed by atoms with van der Waals surface area (Å²) in [5.74, 6) is 0. The van der Waals surface area contributed by atoms with Gasteiger partial charge in [-0.15, -0.1) is 0 Å². The molecule has 0 bridgehead atoms. The predicted octanol–water partition coefficient (Wildman–Crippen LogP) is 1.56. The Bertz CT molecular complexity index is 97.9. The number of nitrogens with zero attached hydrogens (tertiary/aromatic N) is 1. The van der Waals surface area contributed by atoms with Gasteiger partial charge in [-0.05, 0) is 12.8 Å². The first-order valence-corrected chi connectivity index (χ1v) is 5.98. The number of halogens is 2. The summed E-state index contributed by atoms with van der Waals surface area (Å²) in [5, 5.41) is 0. The molecule has 1 rings (SSSR count). The number of nitrogens with two attached hydrogens (primary N) is 1. The Hall–Kier alpha value is 1.38. The van der Waals surface area contributed by atoms with Crippen molar-refractivity contribution >= 4 is 45.5 Å². The lowest BCUT2D eigenvalue weighted by Gasteiger charge is -2.20. The third-order valence-corrected chi connectivity index (χ3v) is 4.57. The van der Waals surface area contributed by atoms with E-state index in [1.54, 1.807) is 0 Å². The summed E-state index contributed by atoms with van der Waals surface area (Å²) < 4.78 is 3.63. The van der Waals surface area contributed by atoms with E-state index in [1.807, 2.05) is 0 Å². The third-order valence-electron chi connectivity index (χ3n) is 1.98. The third kappa shape index (κ3) is 1.95. The van der Waals surface area contributed by atoms with E-state index in [9.17, 15) is 0 Å². The summed E-state index contributed by atoms with van der Waals surface area (Å²) in [6.45, 7) is 0.816. The molecular weight excluding hydrogens is 354 g/mol. The summed E-state index contributed by atoms with van der Waals surface area (Å²) in [5.41, 5.74) is 5.59. The molecule has 0 radical (unpaired) electrons. The molecule has 1 saturated heterocycles. The van der Waals surface area contributed by atoms with Crippen molar-refractivity contribution in [3.63, 3.8) is 0 Å². The summed E-state index contributed by atoms with van der Waals surface area (Å²) in [6.07, 6.45) is 2.61. The molecule has 2 unspecified atom stereocenters. The van der Waals surface area contributed by atoms with Gasteiger partial charge in [0, 0.05) is 45.9 Å². The van der Waals surface area contributed by atoms with E-state index in [2.05, 4.69) is 48.6 Å². The Morgan fingerprint density at radius 1 is 1.40 bits per heavy atom. The first-order chi connectivity index (χ1) is 4.79. The van der Waals surface area contributed by atoms with Crippen LogP contribution in [0.2, 0.25) is 0 Å². The Labute approximate surface area is 89.5 Å². The van der Waals surface area contributed by atoms with Crippen LogP contribution in [0.4, 0.5) is 0 Å². The molecule has 1 aliphatic rings. The van der Waals surface area contributed by atoms with Crippen molar-refractivity contribution in [1.29, 1.82) is 0 Å². The minimum absolute atomic E-state index is 0.639. The van der Waals surface area contributed by atoms with E-state index in [1.165, 1.54) is 17.3 Å². The fourth-order valence-electron chi connectivity index (χ4n) is 1.29. The van der Waals surface area contributed by atoms with Gasteiger partial charge in [-0.3, -0.25) is 0 Å². The van der Waals surface area contributed by atoms with Crippen LogP contribution in [0.3, 0.4) is 0 Å². The van der Waals surface area contributed by atoms with E-state index in [0.717, 1.165) is 12.6 Å². The molecule has 0 aliphatic carbocycles. The second-order valence-electron chi connectivity index (χ2n) is 2.62. The molecule has 1 heterocycles. The van der Waals surface area contributed by atoms with Crippen LogP contribution in [0, 0.1) is 0 Å². The first kappa shape index (κ1) is 9.47. The molecule has 4 heteroatoms. The molecule has 0 spiro atoms. The van der Waals surface area contributed by atoms with Crippen LogP contribution >= 0.6 is 45.5 Å². The van der Waals surface area contributed by atoms with Crippen LogP contribution < -0.4 is 5.73 Å². The van der Waals surface area contributed by atoms with Gasteiger partial charge in [0.15, 0.2) is 0 Å². The van der Waals surface area contributed by atoms with Crippen LogP contribution in [0.25, 0.3) is 0 Å². The molecule has 0 aromatic rings. The molecular formula is C6H12I2N2. The number of rotatable bonds is 2. The maximum Gasteiger partial charge on any atom is 0.0320 e. The van der Waals surface area contributed by atoms with Crippen LogP contribution in [-0.4, -0.2) is 26.2 Å². The molecule has 0 amide bonds. The summed E-state index contributed by atoms with van der Waals surface area (Å²) in [4.78, 5) is 0. The number of alkyl halides is 1. The second-order valence-corrected chi connectivity index (χ2v) is 4.61. The molecule has 2 atom stereocenters. The normalized spacial score (nSPS) is 35.1. The van der Waals surface area contributed by atoms with Gasteiger partial charge in [-0.25, -0.2) is 3.11 Å². The zero-order valence-electron chi connectivity index (χ0n) is 5.76. The lowest BCUT2D eigenvalue weighted by molar-refractivity contribution is 0.419. The Balaban J connectivity index is 2.41. The molecule has 0 aromatic heterocycles. The van der Waals surface area contributed by atoms with Gasteiger partial charge >= 0.3 is 0 Å². The Morgan fingerprint density at radius 3 is 2.30 bits per heavy atom. The fraction of sp³-hybridized carbons (Fsp3) is 1.00. The lowest BCUT2D eigenvalue weighted by Crippen LogP contribution is -2.33. The highest BCUT2D eigenvalue weighted by Gasteiger charge is 2.29. The van der Waals surface area contributed by atoms with E-state index >= 15 is 0 Å². The van der Waals surface area contributed by atoms with Gasteiger partial charge < -0.3 is 5.73 Å². The maximum absolute atomic E-state index is 5.59. The second kappa shape index (κ2) is 4.42. The standard InChI is InChI=1S/C6H12I2N2/c7-3-5-1-2-6(4-9)10(5)8/h5-6H,1-4,9H2. The monoisotopic (exact) mass is 366 g/mol. The van der Waals surface area contributed by atoms with E-state index in [-0.39, 0.29) is 0 Å². The Kier molecular flexibility index (Phi) is 4.18. The van der Waals surface area contributed by atoms with E-state index < -0.39 is 0 Å². The minimum Gasteiger partial charge on any atom is -0.329 e. The van der Waals surface area contributed by atoms with Crippen molar-refractivity contribution in [2.45, 2.75) is 24.9 Å². The predicted molar refractivity (Wildman–Crippen MR) is 60.6 cm³/mol. The average Bonchev–Trinajstić information content (AvgIpc) is 2.30. The molecule has 0 aromatic carbocycles. The largest absolute Gasteiger partial charge is 0.329 e. The number of hydrogen-bond acceptors (Lipinski definition) is 2. The van der Waals surface area contributed by atoms with Gasteiger partial charge in [0.1, 0.15) is 0 Å². The van der Waals surface area contributed by atoms with Crippen molar-refractivity contribution in [2.75, 3.05) is 11.0 Å². The smallest absolute Gasteiger partial charge is 0.0320 e. The molecule has 0 saturated carbocycles. The molecule has 1 fully saturated rings. The van der Waals surface area contributed by atoms with Gasteiger partial charge in [-0.1, -0.05) is 22.6 Å². The highest BCUT2D eigenvalue weighted by atomic mass is 127. The van der Waals surface area contributed by atoms with Crippen molar-refractivity contribution in [2.24, 2.45) is 5.73 Å².